The summed E-state index contributed by atoms with van der Waals surface area (Å²) in [6.07, 6.45) is 11.5. The van der Waals surface area contributed by atoms with Crippen LogP contribution in [0, 0.1) is 12.8 Å². The fourth-order valence-electron chi connectivity index (χ4n) is 4.55. The summed E-state index contributed by atoms with van der Waals surface area (Å²) in [7, 11) is 0. The predicted molar refractivity (Wildman–Crippen MR) is 113 cm³/mol. The normalized spacial score (nSPS) is 18.8. The van der Waals surface area contributed by atoms with Crippen molar-refractivity contribution in [3.63, 3.8) is 0 Å². The van der Waals surface area contributed by atoms with Gasteiger partial charge in [0.25, 0.3) is 0 Å². The quantitative estimate of drug-likeness (QED) is 0.758. The van der Waals surface area contributed by atoms with E-state index in [1.54, 1.807) is 0 Å². The topological polar surface area (TPSA) is 49.4 Å². The summed E-state index contributed by atoms with van der Waals surface area (Å²) in [5, 5.41) is 3.17. The van der Waals surface area contributed by atoms with Crippen molar-refractivity contribution in [2.45, 2.75) is 83.6 Å². The van der Waals surface area contributed by atoms with Crippen molar-refractivity contribution in [1.82, 2.24) is 10.2 Å². The van der Waals surface area contributed by atoms with Crippen LogP contribution in [0.5, 0.6) is 0 Å². The molecule has 0 aromatic heterocycles. The van der Waals surface area contributed by atoms with Gasteiger partial charge in [-0.15, -0.1) is 0 Å². The van der Waals surface area contributed by atoms with Crippen LogP contribution in [0.3, 0.4) is 0 Å². The number of aryl methyl sites for hydroxylation is 2. The molecule has 4 nitrogen and oxygen atoms in total. The number of nitrogens with one attached hydrogen (secondary N) is 1. The minimum absolute atomic E-state index is 0.127. The molecule has 1 aromatic rings. The molecule has 1 saturated carbocycles. The molecule has 0 radical (unpaired) electrons. The van der Waals surface area contributed by atoms with E-state index in [4.69, 9.17) is 0 Å². The van der Waals surface area contributed by atoms with Crippen LogP contribution in [0.25, 0.3) is 0 Å². The van der Waals surface area contributed by atoms with Crippen molar-refractivity contribution in [2.24, 2.45) is 5.92 Å². The molecule has 0 atom stereocenters. The Kier molecular flexibility index (Phi) is 7.93. The third-order valence-electron chi connectivity index (χ3n) is 6.47. The van der Waals surface area contributed by atoms with Crippen molar-refractivity contribution < 1.29 is 9.59 Å². The van der Waals surface area contributed by atoms with E-state index in [1.165, 1.54) is 43.2 Å². The molecule has 0 spiro atoms. The van der Waals surface area contributed by atoms with Crippen molar-refractivity contribution in [1.29, 1.82) is 0 Å². The zero-order valence-electron chi connectivity index (χ0n) is 17.4. The number of rotatable bonds is 7. The average molecular weight is 385 g/mol. The van der Waals surface area contributed by atoms with Gasteiger partial charge in [-0.05, 0) is 44.1 Å². The zero-order valence-corrected chi connectivity index (χ0v) is 17.4. The first kappa shape index (κ1) is 20.9. The molecule has 3 rings (SSSR count). The van der Waals surface area contributed by atoms with Crippen LogP contribution < -0.4 is 5.32 Å². The number of nitrogens with zero attached hydrogens (tertiary/aromatic N) is 1. The third kappa shape index (κ3) is 6.65. The van der Waals surface area contributed by atoms with E-state index in [0.29, 0.717) is 18.7 Å². The molecular weight excluding hydrogens is 348 g/mol. The van der Waals surface area contributed by atoms with E-state index < -0.39 is 0 Å². The van der Waals surface area contributed by atoms with Crippen molar-refractivity contribution in [3.8, 4) is 0 Å². The maximum absolute atomic E-state index is 12.5. The van der Waals surface area contributed by atoms with Gasteiger partial charge in [0, 0.05) is 32.0 Å². The third-order valence-corrected chi connectivity index (χ3v) is 6.47. The lowest BCUT2D eigenvalue weighted by molar-refractivity contribution is -0.132. The van der Waals surface area contributed by atoms with Crippen molar-refractivity contribution in [2.75, 3.05) is 13.1 Å². The second-order valence-electron chi connectivity index (χ2n) is 8.75. The summed E-state index contributed by atoms with van der Waals surface area (Å²) in [4.78, 5) is 26.8. The first-order valence-corrected chi connectivity index (χ1v) is 11.2. The molecular formula is C24H36N2O2. The molecule has 1 N–H and O–H groups in total. The molecule has 28 heavy (non-hydrogen) atoms. The van der Waals surface area contributed by atoms with Crippen LogP contribution in [0.2, 0.25) is 0 Å². The standard InChI is InChI=1S/C24H36N2O2/c1-19-7-9-21(10-8-19)11-13-23(27)25-22-15-17-26(18-16-22)24(28)14-12-20-5-3-2-4-6-20/h7-10,20,22H,2-6,11-18H2,1H3,(H,25,27). The van der Waals surface area contributed by atoms with Gasteiger partial charge in [-0.1, -0.05) is 61.9 Å². The Balaban J connectivity index is 1.31. The number of hydrogen-bond donors (Lipinski definition) is 1. The summed E-state index contributed by atoms with van der Waals surface area (Å²) >= 11 is 0. The molecule has 1 saturated heterocycles. The molecule has 0 unspecified atom stereocenters. The maximum atomic E-state index is 12.5. The number of amides is 2. The first-order chi connectivity index (χ1) is 13.6. The van der Waals surface area contributed by atoms with Gasteiger partial charge >= 0.3 is 0 Å². The highest BCUT2D eigenvalue weighted by molar-refractivity contribution is 5.77. The van der Waals surface area contributed by atoms with E-state index in [-0.39, 0.29) is 11.9 Å². The fourth-order valence-corrected chi connectivity index (χ4v) is 4.55. The fraction of sp³-hybridized carbons (Fsp3) is 0.667. The molecule has 2 amide bonds. The summed E-state index contributed by atoms with van der Waals surface area (Å²) in [6, 6.07) is 8.59. The Morgan fingerprint density at radius 3 is 2.32 bits per heavy atom. The molecule has 4 heteroatoms. The van der Waals surface area contributed by atoms with E-state index in [9.17, 15) is 9.59 Å². The second-order valence-corrected chi connectivity index (χ2v) is 8.75. The number of carbonyl (C=O) groups is 2. The van der Waals surface area contributed by atoms with E-state index in [0.717, 1.165) is 44.7 Å². The van der Waals surface area contributed by atoms with Gasteiger partial charge in [0.05, 0.1) is 0 Å². The monoisotopic (exact) mass is 384 g/mol. The van der Waals surface area contributed by atoms with Gasteiger partial charge in [0.15, 0.2) is 0 Å². The lowest BCUT2D eigenvalue weighted by Crippen LogP contribution is -2.46. The van der Waals surface area contributed by atoms with E-state index in [2.05, 4.69) is 36.5 Å². The van der Waals surface area contributed by atoms with Gasteiger partial charge < -0.3 is 10.2 Å². The van der Waals surface area contributed by atoms with Crippen LogP contribution in [0.1, 0.15) is 75.3 Å². The molecule has 154 valence electrons. The average Bonchev–Trinajstić information content (AvgIpc) is 2.73. The highest BCUT2D eigenvalue weighted by Crippen LogP contribution is 2.27. The highest BCUT2D eigenvalue weighted by atomic mass is 16.2. The molecule has 1 aliphatic carbocycles. The maximum Gasteiger partial charge on any atom is 0.222 e. The number of benzene rings is 1. The molecule has 2 aliphatic rings. The second kappa shape index (κ2) is 10.6. The van der Waals surface area contributed by atoms with Crippen LogP contribution in [-0.2, 0) is 16.0 Å². The Morgan fingerprint density at radius 1 is 0.964 bits per heavy atom. The Hall–Kier alpha value is -1.84. The van der Waals surface area contributed by atoms with E-state index in [1.807, 2.05) is 4.90 Å². The summed E-state index contributed by atoms with van der Waals surface area (Å²) in [5.41, 5.74) is 2.45. The lowest BCUT2D eigenvalue weighted by Gasteiger charge is -2.33. The number of hydrogen-bond acceptors (Lipinski definition) is 2. The Morgan fingerprint density at radius 2 is 1.64 bits per heavy atom. The largest absolute Gasteiger partial charge is 0.353 e. The van der Waals surface area contributed by atoms with Crippen LogP contribution in [-0.4, -0.2) is 35.8 Å². The number of carbonyl (C=O) groups excluding carboxylic acids is 2. The van der Waals surface area contributed by atoms with Gasteiger partial charge in [-0.25, -0.2) is 0 Å². The van der Waals surface area contributed by atoms with Gasteiger partial charge in [-0.2, -0.15) is 0 Å². The van der Waals surface area contributed by atoms with E-state index >= 15 is 0 Å². The van der Waals surface area contributed by atoms with Gasteiger partial charge in [-0.3, -0.25) is 9.59 Å². The SMILES string of the molecule is Cc1ccc(CCC(=O)NC2CCN(C(=O)CCC3CCCCC3)CC2)cc1. The summed E-state index contributed by atoms with van der Waals surface area (Å²) < 4.78 is 0. The molecule has 1 aromatic carbocycles. The molecule has 2 fully saturated rings. The van der Waals surface area contributed by atoms with Crippen LogP contribution in [0.4, 0.5) is 0 Å². The number of likely N-dealkylation sites (tertiary alicyclic amines) is 1. The summed E-state index contributed by atoms with van der Waals surface area (Å²) in [5.74, 6) is 1.21. The molecule has 1 heterocycles. The first-order valence-electron chi connectivity index (χ1n) is 11.2. The van der Waals surface area contributed by atoms with Crippen LogP contribution >= 0.6 is 0 Å². The smallest absolute Gasteiger partial charge is 0.222 e. The van der Waals surface area contributed by atoms with Crippen molar-refractivity contribution in [3.05, 3.63) is 35.4 Å². The number of piperidine rings is 1. The predicted octanol–water partition coefficient (Wildman–Crippen LogP) is 4.40. The zero-order chi connectivity index (χ0) is 19.8. The van der Waals surface area contributed by atoms with Crippen LogP contribution in [0.15, 0.2) is 24.3 Å². The van der Waals surface area contributed by atoms with Crippen molar-refractivity contribution >= 4 is 11.8 Å². The molecule has 1 aliphatic heterocycles. The minimum Gasteiger partial charge on any atom is -0.353 e. The minimum atomic E-state index is 0.127. The molecule has 0 bridgehead atoms. The summed E-state index contributed by atoms with van der Waals surface area (Å²) in [6.45, 7) is 3.64. The Labute approximate surface area is 170 Å². The van der Waals surface area contributed by atoms with Gasteiger partial charge in [0.2, 0.25) is 11.8 Å². The highest BCUT2D eigenvalue weighted by Gasteiger charge is 2.24. The Bertz CT molecular complexity index is 627. The van der Waals surface area contributed by atoms with Gasteiger partial charge in [0.1, 0.15) is 0 Å². The lowest BCUT2D eigenvalue weighted by atomic mass is 9.86.